The number of hydrogen-bond acceptors (Lipinski definition) is 6. The fourth-order valence-corrected chi connectivity index (χ4v) is 2.27. The monoisotopic (exact) mass is 360 g/mol. The molecule has 2 aromatic rings. The van der Waals surface area contributed by atoms with Gasteiger partial charge in [-0.3, -0.25) is 9.78 Å². The maximum Gasteiger partial charge on any atom is 0.273 e. The van der Waals surface area contributed by atoms with Gasteiger partial charge in [0.05, 0.1) is 6.10 Å². The molecule has 0 aliphatic carbocycles. The summed E-state index contributed by atoms with van der Waals surface area (Å²) in [6.45, 7) is 1.67. The number of carbonyl (C=O) groups excluding carboxylic acids is 1. The van der Waals surface area contributed by atoms with Gasteiger partial charge in [0.25, 0.3) is 5.91 Å². The fraction of sp³-hybridized carbons (Fsp3) is 0.357. The van der Waals surface area contributed by atoms with Crippen LogP contribution in [0.1, 0.15) is 10.5 Å². The number of carbonyl (C=O) groups is 1. The van der Waals surface area contributed by atoms with Crippen LogP contribution in [0.3, 0.4) is 0 Å². The lowest BCUT2D eigenvalue weighted by Gasteiger charge is -2.13. The molecule has 7 nitrogen and oxygen atoms in total. The van der Waals surface area contributed by atoms with Crippen molar-refractivity contribution in [3.8, 4) is 11.3 Å². The fourth-order valence-electron chi connectivity index (χ4n) is 2.27. The average Bonchev–Trinajstić information content (AvgIpc) is 3.15. The van der Waals surface area contributed by atoms with Crippen molar-refractivity contribution >= 4 is 30.7 Å². The van der Waals surface area contributed by atoms with Gasteiger partial charge >= 0.3 is 0 Å². The van der Waals surface area contributed by atoms with Gasteiger partial charge in [0.15, 0.2) is 11.5 Å². The predicted octanol–water partition coefficient (Wildman–Crippen LogP) is 0.890. The number of nitrogens with one attached hydrogen (secondary N) is 2. The number of aromatic nitrogens is 2. The molecule has 0 spiro atoms. The van der Waals surface area contributed by atoms with Gasteiger partial charge in [-0.15, -0.1) is 24.8 Å². The number of β-amino-alcohol motifs (C(OH)–C–C–N with tert-alkyl or cyclic N) is 1. The Balaban J connectivity index is 0.00000132. The standard InChI is InChI=1S/C14H16N4O3.2ClH/c19-12-8-16-6-10(12)7-17-14(20)11-4-13(21-18-11)9-2-1-3-15-5-9;;/h1-5,10,12,16,19H,6-8H2,(H,17,20);2*1H. The maximum absolute atomic E-state index is 12.0. The van der Waals surface area contributed by atoms with Gasteiger partial charge in [-0.05, 0) is 12.1 Å². The van der Waals surface area contributed by atoms with Crippen molar-refractivity contribution in [2.75, 3.05) is 19.6 Å². The Kier molecular flexibility index (Phi) is 7.44. The number of rotatable bonds is 4. The van der Waals surface area contributed by atoms with Crippen molar-refractivity contribution in [1.29, 1.82) is 0 Å². The van der Waals surface area contributed by atoms with Crippen LogP contribution in [0.15, 0.2) is 35.1 Å². The molecular weight excluding hydrogens is 343 g/mol. The molecule has 126 valence electrons. The summed E-state index contributed by atoms with van der Waals surface area (Å²) in [5.74, 6) is 0.211. The maximum atomic E-state index is 12.0. The highest BCUT2D eigenvalue weighted by Crippen LogP contribution is 2.18. The number of pyridine rings is 1. The Morgan fingerprint density at radius 2 is 2.26 bits per heavy atom. The van der Waals surface area contributed by atoms with E-state index in [4.69, 9.17) is 4.52 Å². The molecule has 1 amide bonds. The molecule has 0 bridgehead atoms. The smallest absolute Gasteiger partial charge is 0.273 e. The molecule has 3 N–H and O–H groups in total. The summed E-state index contributed by atoms with van der Waals surface area (Å²) in [6.07, 6.45) is 2.88. The van der Waals surface area contributed by atoms with Crippen molar-refractivity contribution in [3.05, 3.63) is 36.3 Å². The van der Waals surface area contributed by atoms with E-state index in [9.17, 15) is 9.90 Å². The third-order valence-corrected chi connectivity index (χ3v) is 3.52. The molecule has 0 saturated carbocycles. The van der Waals surface area contributed by atoms with E-state index in [1.807, 2.05) is 6.07 Å². The van der Waals surface area contributed by atoms with Crippen LogP contribution in [-0.4, -0.2) is 46.9 Å². The zero-order valence-electron chi connectivity index (χ0n) is 12.1. The molecule has 23 heavy (non-hydrogen) atoms. The van der Waals surface area contributed by atoms with Gasteiger partial charge in [-0.25, -0.2) is 0 Å². The minimum absolute atomic E-state index is 0. The molecule has 2 aromatic heterocycles. The molecule has 1 aliphatic rings. The summed E-state index contributed by atoms with van der Waals surface area (Å²) in [6, 6.07) is 5.19. The summed E-state index contributed by atoms with van der Waals surface area (Å²) in [7, 11) is 0. The highest BCUT2D eigenvalue weighted by Gasteiger charge is 2.25. The second kappa shape index (κ2) is 8.83. The molecule has 9 heteroatoms. The van der Waals surface area contributed by atoms with Crippen LogP contribution in [0, 0.1) is 5.92 Å². The number of amides is 1. The molecule has 0 aromatic carbocycles. The van der Waals surface area contributed by atoms with E-state index in [1.54, 1.807) is 24.5 Å². The normalized spacial score (nSPS) is 19.5. The Morgan fingerprint density at radius 3 is 2.91 bits per heavy atom. The number of hydrogen-bond donors (Lipinski definition) is 3. The van der Waals surface area contributed by atoms with Gasteiger partial charge in [0.2, 0.25) is 0 Å². The molecular formula is C14H18Cl2N4O3. The van der Waals surface area contributed by atoms with Crippen LogP contribution >= 0.6 is 24.8 Å². The van der Waals surface area contributed by atoms with Crippen LogP contribution < -0.4 is 10.6 Å². The Bertz CT molecular complexity index is 623. The molecule has 3 heterocycles. The van der Waals surface area contributed by atoms with Gasteiger partial charge in [-0.2, -0.15) is 0 Å². The first-order valence-corrected chi connectivity index (χ1v) is 6.78. The van der Waals surface area contributed by atoms with Crippen molar-refractivity contribution in [1.82, 2.24) is 20.8 Å². The van der Waals surface area contributed by atoms with E-state index in [2.05, 4.69) is 20.8 Å². The molecule has 2 atom stereocenters. The quantitative estimate of drug-likeness (QED) is 0.748. The van der Waals surface area contributed by atoms with Crippen molar-refractivity contribution < 1.29 is 14.4 Å². The van der Waals surface area contributed by atoms with Gasteiger partial charge < -0.3 is 20.3 Å². The first-order chi connectivity index (χ1) is 10.2. The Hall–Kier alpha value is -1.67. The predicted molar refractivity (Wildman–Crippen MR) is 88.9 cm³/mol. The summed E-state index contributed by atoms with van der Waals surface area (Å²) in [5, 5.41) is 19.3. The lowest BCUT2D eigenvalue weighted by atomic mass is 10.1. The second-order valence-corrected chi connectivity index (χ2v) is 5.01. The molecule has 3 rings (SSSR count). The van der Waals surface area contributed by atoms with Crippen LogP contribution in [-0.2, 0) is 0 Å². The third kappa shape index (κ3) is 4.65. The summed E-state index contributed by atoms with van der Waals surface area (Å²) in [5.41, 5.74) is 0.980. The first-order valence-electron chi connectivity index (χ1n) is 6.78. The van der Waals surface area contributed by atoms with Crippen LogP contribution in [0.25, 0.3) is 11.3 Å². The summed E-state index contributed by atoms with van der Waals surface area (Å²) < 4.78 is 5.15. The molecule has 1 fully saturated rings. The van der Waals surface area contributed by atoms with Crippen molar-refractivity contribution in [2.24, 2.45) is 5.92 Å². The third-order valence-electron chi connectivity index (χ3n) is 3.52. The lowest BCUT2D eigenvalue weighted by molar-refractivity contribution is 0.0918. The molecule has 1 aliphatic heterocycles. The minimum atomic E-state index is -0.423. The average molecular weight is 361 g/mol. The lowest BCUT2D eigenvalue weighted by Crippen LogP contribution is -2.34. The zero-order valence-corrected chi connectivity index (χ0v) is 13.8. The van der Waals surface area contributed by atoms with Gasteiger partial charge in [-0.1, -0.05) is 5.16 Å². The summed E-state index contributed by atoms with van der Waals surface area (Å²) >= 11 is 0. The van der Waals surface area contributed by atoms with Crippen LogP contribution in [0.4, 0.5) is 0 Å². The van der Waals surface area contributed by atoms with Crippen LogP contribution in [0.5, 0.6) is 0 Å². The zero-order chi connectivity index (χ0) is 14.7. The number of aliphatic hydroxyl groups is 1. The largest absolute Gasteiger partial charge is 0.391 e. The second-order valence-electron chi connectivity index (χ2n) is 5.01. The van der Waals surface area contributed by atoms with E-state index < -0.39 is 6.10 Å². The van der Waals surface area contributed by atoms with E-state index in [0.717, 1.165) is 5.56 Å². The molecule has 2 unspecified atom stereocenters. The van der Waals surface area contributed by atoms with Crippen molar-refractivity contribution in [2.45, 2.75) is 6.10 Å². The van der Waals surface area contributed by atoms with Crippen LogP contribution in [0.2, 0.25) is 0 Å². The van der Waals surface area contributed by atoms with Gasteiger partial charge in [0, 0.05) is 49.6 Å². The highest BCUT2D eigenvalue weighted by atomic mass is 35.5. The highest BCUT2D eigenvalue weighted by molar-refractivity contribution is 5.93. The number of nitrogens with zero attached hydrogens (tertiary/aromatic N) is 2. The number of aliphatic hydroxyl groups excluding tert-OH is 1. The molecule has 0 radical (unpaired) electrons. The molecule has 1 saturated heterocycles. The SMILES string of the molecule is Cl.Cl.O=C(NCC1CNCC1O)c1cc(-c2cccnc2)on1. The van der Waals surface area contributed by atoms with E-state index in [-0.39, 0.29) is 42.3 Å². The minimum Gasteiger partial charge on any atom is -0.391 e. The summed E-state index contributed by atoms with van der Waals surface area (Å²) in [4.78, 5) is 16.0. The van der Waals surface area contributed by atoms with Gasteiger partial charge in [0.1, 0.15) is 0 Å². The Labute approximate surface area is 145 Å². The first kappa shape index (κ1) is 19.4. The van der Waals surface area contributed by atoms with Crippen molar-refractivity contribution in [3.63, 3.8) is 0 Å². The van der Waals surface area contributed by atoms with E-state index in [1.165, 1.54) is 0 Å². The number of halogens is 2. The van der Waals surface area contributed by atoms with E-state index in [0.29, 0.717) is 25.4 Å². The van der Waals surface area contributed by atoms with E-state index >= 15 is 0 Å². The Morgan fingerprint density at radius 1 is 1.43 bits per heavy atom. The topological polar surface area (TPSA) is 100 Å².